The van der Waals surface area contributed by atoms with E-state index in [0.717, 1.165) is 54.9 Å². The molecule has 1 aliphatic heterocycles. The molecule has 1 aromatic carbocycles. The molecule has 23 heavy (non-hydrogen) atoms. The van der Waals surface area contributed by atoms with Crippen molar-refractivity contribution in [3.05, 3.63) is 42.2 Å². The molecule has 0 N–H and O–H groups in total. The van der Waals surface area contributed by atoms with Gasteiger partial charge in [-0.25, -0.2) is 4.98 Å². The largest absolute Gasteiger partial charge is 0.342 e. The minimum Gasteiger partial charge on any atom is -0.342 e. The number of fused-ring (bicyclic) bond motifs is 1. The van der Waals surface area contributed by atoms with Gasteiger partial charge in [0.15, 0.2) is 0 Å². The van der Waals surface area contributed by atoms with Crippen LogP contribution in [0, 0.1) is 0 Å². The van der Waals surface area contributed by atoms with Crippen molar-refractivity contribution in [3.8, 4) is 0 Å². The number of likely N-dealkylation sites (tertiary alicyclic amines) is 1. The zero-order valence-electron chi connectivity index (χ0n) is 14.1. The first-order valence-electron chi connectivity index (χ1n) is 8.47. The highest BCUT2D eigenvalue weighted by atomic mass is 16.2. The maximum atomic E-state index is 12.3. The predicted octanol–water partition coefficient (Wildman–Crippen LogP) is 3.73. The van der Waals surface area contributed by atoms with Gasteiger partial charge in [0, 0.05) is 32.0 Å². The van der Waals surface area contributed by atoms with Crippen molar-refractivity contribution in [3.63, 3.8) is 0 Å². The maximum absolute atomic E-state index is 12.3. The molecule has 1 atom stereocenters. The average Bonchev–Trinajstić information content (AvgIpc) is 3.06. The van der Waals surface area contributed by atoms with Gasteiger partial charge in [0.1, 0.15) is 5.82 Å². The molecule has 1 amide bonds. The first-order chi connectivity index (χ1) is 11.1. The fraction of sp³-hybridized carbons (Fsp3) is 0.474. The van der Waals surface area contributed by atoms with Gasteiger partial charge in [-0.05, 0) is 25.5 Å². The predicted molar refractivity (Wildman–Crippen MR) is 93.4 cm³/mol. The number of unbranched alkanes of at least 4 members (excludes halogenated alkanes) is 1. The summed E-state index contributed by atoms with van der Waals surface area (Å²) in [7, 11) is 0. The van der Waals surface area contributed by atoms with Gasteiger partial charge in [-0.1, -0.05) is 37.6 Å². The molecule has 0 unspecified atom stereocenters. The number of amides is 1. The highest BCUT2D eigenvalue weighted by Gasteiger charge is 2.33. The molecule has 0 saturated carbocycles. The number of carbonyl (C=O) groups excluding carboxylic acids is 1. The average molecular weight is 311 g/mol. The Hall–Kier alpha value is -2.10. The van der Waals surface area contributed by atoms with Crippen LogP contribution < -0.4 is 0 Å². The van der Waals surface area contributed by atoms with E-state index in [4.69, 9.17) is 4.98 Å². The van der Waals surface area contributed by atoms with E-state index >= 15 is 0 Å². The smallest absolute Gasteiger partial charge is 0.223 e. The van der Waals surface area contributed by atoms with Crippen LogP contribution >= 0.6 is 0 Å². The summed E-state index contributed by atoms with van der Waals surface area (Å²) in [5.41, 5.74) is 3.23. The third-order valence-corrected chi connectivity index (χ3v) is 4.47. The van der Waals surface area contributed by atoms with Crippen molar-refractivity contribution in [1.82, 2.24) is 14.5 Å². The Kier molecular flexibility index (Phi) is 4.51. The molecule has 1 aliphatic rings. The summed E-state index contributed by atoms with van der Waals surface area (Å²) < 4.78 is 2.24. The number of carbonyl (C=O) groups is 1. The van der Waals surface area contributed by atoms with Crippen LogP contribution in [-0.4, -0.2) is 33.4 Å². The van der Waals surface area contributed by atoms with E-state index in [1.165, 1.54) is 0 Å². The Labute approximate surface area is 137 Å². The summed E-state index contributed by atoms with van der Waals surface area (Å²) >= 11 is 0. The second kappa shape index (κ2) is 6.57. The van der Waals surface area contributed by atoms with Crippen molar-refractivity contribution in [2.45, 2.75) is 45.6 Å². The zero-order valence-corrected chi connectivity index (χ0v) is 14.1. The highest BCUT2D eigenvalue weighted by Crippen LogP contribution is 2.31. The number of hydrogen-bond acceptors (Lipinski definition) is 2. The van der Waals surface area contributed by atoms with Crippen LogP contribution in [0.2, 0.25) is 0 Å². The van der Waals surface area contributed by atoms with Crippen LogP contribution in [0.3, 0.4) is 0 Å². The molecule has 0 aliphatic carbocycles. The number of imidazole rings is 1. The number of aromatic nitrogens is 2. The fourth-order valence-electron chi connectivity index (χ4n) is 3.35. The second-order valence-electron chi connectivity index (χ2n) is 6.60. The first kappa shape index (κ1) is 15.8. The topological polar surface area (TPSA) is 38.1 Å². The quantitative estimate of drug-likeness (QED) is 0.762. The molecular weight excluding hydrogens is 286 g/mol. The SMILES string of the molecule is C=C(C)Cn1c([C@@H]2CC(=O)N(CCCC)C2)nc2ccccc21. The first-order valence-corrected chi connectivity index (χ1v) is 8.47. The molecule has 122 valence electrons. The van der Waals surface area contributed by atoms with Gasteiger partial charge in [-0.15, -0.1) is 0 Å². The Morgan fingerprint density at radius 2 is 2.17 bits per heavy atom. The van der Waals surface area contributed by atoms with E-state index < -0.39 is 0 Å². The molecule has 1 saturated heterocycles. The number of rotatable bonds is 6. The second-order valence-corrected chi connectivity index (χ2v) is 6.60. The van der Waals surface area contributed by atoms with Crippen LogP contribution in [0.5, 0.6) is 0 Å². The van der Waals surface area contributed by atoms with E-state index in [0.29, 0.717) is 6.42 Å². The van der Waals surface area contributed by atoms with Crippen molar-refractivity contribution >= 4 is 16.9 Å². The fourth-order valence-corrected chi connectivity index (χ4v) is 3.35. The third kappa shape index (κ3) is 3.16. The molecule has 0 radical (unpaired) electrons. The van der Waals surface area contributed by atoms with Crippen molar-refractivity contribution in [1.29, 1.82) is 0 Å². The van der Waals surface area contributed by atoms with Gasteiger partial charge in [0.2, 0.25) is 5.91 Å². The Bertz CT molecular complexity index is 731. The lowest BCUT2D eigenvalue weighted by Crippen LogP contribution is -2.26. The lowest BCUT2D eigenvalue weighted by atomic mass is 10.1. The van der Waals surface area contributed by atoms with Crippen LogP contribution in [0.25, 0.3) is 11.0 Å². The minimum atomic E-state index is 0.186. The van der Waals surface area contributed by atoms with E-state index in [2.05, 4.69) is 24.1 Å². The van der Waals surface area contributed by atoms with Crippen LogP contribution in [-0.2, 0) is 11.3 Å². The van der Waals surface area contributed by atoms with Gasteiger partial charge in [-0.3, -0.25) is 4.79 Å². The lowest BCUT2D eigenvalue weighted by Gasteiger charge is -2.17. The minimum absolute atomic E-state index is 0.186. The van der Waals surface area contributed by atoms with Gasteiger partial charge in [0.05, 0.1) is 11.0 Å². The van der Waals surface area contributed by atoms with Crippen LogP contribution in [0.1, 0.15) is 44.9 Å². The molecule has 1 aromatic heterocycles. The number of hydrogen-bond donors (Lipinski definition) is 0. The third-order valence-electron chi connectivity index (χ3n) is 4.47. The van der Waals surface area contributed by atoms with Gasteiger partial charge in [0.25, 0.3) is 0 Å². The molecule has 2 heterocycles. The van der Waals surface area contributed by atoms with Gasteiger partial charge < -0.3 is 9.47 Å². The molecule has 4 heteroatoms. The molecule has 2 aromatic rings. The van der Waals surface area contributed by atoms with E-state index in [-0.39, 0.29) is 11.8 Å². The number of allylic oxidation sites excluding steroid dienone is 1. The summed E-state index contributed by atoms with van der Waals surface area (Å²) in [4.78, 5) is 19.1. The summed E-state index contributed by atoms with van der Waals surface area (Å²) in [5, 5.41) is 0. The van der Waals surface area contributed by atoms with Crippen molar-refractivity contribution < 1.29 is 4.79 Å². The molecule has 1 fully saturated rings. The molecular formula is C19H25N3O. The van der Waals surface area contributed by atoms with Crippen LogP contribution in [0.4, 0.5) is 0 Å². The molecule has 0 spiro atoms. The molecule has 3 rings (SSSR count). The number of nitrogens with zero attached hydrogens (tertiary/aromatic N) is 3. The monoisotopic (exact) mass is 311 g/mol. The standard InChI is InChI=1S/C19H25N3O/c1-4-5-10-21-13-15(11-18(21)23)19-20-16-8-6-7-9-17(16)22(19)12-14(2)3/h6-9,15H,2,4-5,10-13H2,1,3H3/t15-/m1/s1. The van der Waals surface area contributed by atoms with E-state index in [9.17, 15) is 4.79 Å². The van der Waals surface area contributed by atoms with Crippen molar-refractivity contribution in [2.24, 2.45) is 0 Å². The number of benzene rings is 1. The highest BCUT2D eigenvalue weighted by molar-refractivity contribution is 5.81. The van der Waals surface area contributed by atoms with Crippen molar-refractivity contribution in [2.75, 3.05) is 13.1 Å². The summed E-state index contributed by atoms with van der Waals surface area (Å²) in [5.74, 6) is 1.48. The zero-order chi connectivity index (χ0) is 16.4. The summed E-state index contributed by atoms with van der Waals surface area (Å²) in [6.45, 7) is 10.7. The van der Waals surface area contributed by atoms with E-state index in [1.54, 1.807) is 0 Å². The Balaban J connectivity index is 1.93. The summed E-state index contributed by atoms with van der Waals surface area (Å²) in [6.07, 6.45) is 2.76. The van der Waals surface area contributed by atoms with Gasteiger partial charge >= 0.3 is 0 Å². The number of para-hydroxylation sites is 2. The summed E-state index contributed by atoms with van der Waals surface area (Å²) in [6, 6.07) is 8.19. The van der Waals surface area contributed by atoms with E-state index in [1.807, 2.05) is 30.0 Å². The van der Waals surface area contributed by atoms with Gasteiger partial charge in [-0.2, -0.15) is 0 Å². The normalized spacial score (nSPS) is 18.1. The molecule has 4 nitrogen and oxygen atoms in total. The maximum Gasteiger partial charge on any atom is 0.223 e. The van der Waals surface area contributed by atoms with Crippen LogP contribution in [0.15, 0.2) is 36.4 Å². The Morgan fingerprint density at radius 3 is 2.91 bits per heavy atom. The lowest BCUT2D eigenvalue weighted by molar-refractivity contribution is -0.127. The Morgan fingerprint density at radius 1 is 1.39 bits per heavy atom. The molecule has 0 bridgehead atoms.